The van der Waals surface area contributed by atoms with Crippen LogP contribution in [0.2, 0.25) is 0 Å². The molecule has 3 aliphatic heterocycles. The molecule has 36 heavy (non-hydrogen) atoms. The van der Waals surface area contributed by atoms with Gasteiger partial charge in [-0.1, -0.05) is 18.2 Å². The number of nitrogens with zero attached hydrogens (tertiary/aromatic N) is 2. The van der Waals surface area contributed by atoms with E-state index in [-0.39, 0.29) is 30.0 Å². The van der Waals surface area contributed by atoms with Gasteiger partial charge in [0.05, 0.1) is 27.6 Å². The van der Waals surface area contributed by atoms with Crippen LogP contribution in [0, 0.1) is 0 Å². The van der Waals surface area contributed by atoms with Crippen LogP contribution in [0.4, 0.5) is 0 Å². The number of phenolic OH excluding ortho intramolecular Hbond substituents is 1. The highest BCUT2D eigenvalue weighted by Gasteiger charge is 2.53. The zero-order valence-corrected chi connectivity index (χ0v) is 20.3. The first-order chi connectivity index (χ1) is 17.5. The second-order valence-electron chi connectivity index (χ2n) is 10.3. The van der Waals surface area contributed by atoms with Crippen LogP contribution in [0.5, 0.6) is 5.75 Å². The Morgan fingerprint density at radius 2 is 1.97 bits per heavy atom. The van der Waals surface area contributed by atoms with E-state index in [0.29, 0.717) is 18.5 Å². The van der Waals surface area contributed by atoms with Crippen molar-refractivity contribution in [1.29, 1.82) is 0 Å². The number of nitrogens with one attached hydrogen (secondary N) is 2. The summed E-state index contributed by atoms with van der Waals surface area (Å²) in [6.07, 6.45) is 0.145. The molecule has 8 nitrogen and oxygen atoms in total. The van der Waals surface area contributed by atoms with Gasteiger partial charge in [-0.25, -0.2) is 0 Å². The van der Waals surface area contributed by atoms with Crippen molar-refractivity contribution in [2.24, 2.45) is 0 Å². The summed E-state index contributed by atoms with van der Waals surface area (Å²) in [5.74, 6) is 0.0988. The molecule has 5 aromatic rings. The Kier molecular flexibility index (Phi) is 3.77. The van der Waals surface area contributed by atoms with Crippen LogP contribution in [0.1, 0.15) is 35.5 Å². The summed E-state index contributed by atoms with van der Waals surface area (Å²) < 4.78 is 17.8. The molecule has 2 bridgehead atoms. The minimum atomic E-state index is -0.813. The Labute approximate surface area is 206 Å². The summed E-state index contributed by atoms with van der Waals surface area (Å²) in [6, 6.07) is 13.8. The maximum absolute atomic E-state index is 13.3. The Morgan fingerprint density at radius 3 is 2.78 bits per heavy atom. The largest absolute Gasteiger partial charge is 0.508 e. The van der Waals surface area contributed by atoms with Gasteiger partial charge in [-0.3, -0.25) is 4.79 Å². The van der Waals surface area contributed by atoms with Crippen LogP contribution in [-0.2, 0) is 21.7 Å². The summed E-state index contributed by atoms with van der Waals surface area (Å²) >= 11 is 0. The van der Waals surface area contributed by atoms with Gasteiger partial charge in [0, 0.05) is 47.7 Å². The van der Waals surface area contributed by atoms with Crippen LogP contribution >= 0.6 is 0 Å². The molecule has 3 N–H and O–H groups in total. The average Bonchev–Trinajstić information content (AvgIpc) is 3.51. The number of para-hydroxylation sites is 1. The fraction of sp³-hybridized carbons (Fsp3) is 0.321. The first-order valence-electron chi connectivity index (χ1n) is 12.4. The van der Waals surface area contributed by atoms with Crippen molar-refractivity contribution in [1.82, 2.24) is 19.8 Å². The van der Waals surface area contributed by atoms with Gasteiger partial charge in [-0.15, -0.1) is 0 Å². The fourth-order valence-corrected chi connectivity index (χ4v) is 7.37. The molecule has 3 aliphatic rings. The Balaban J connectivity index is 1.72. The first kappa shape index (κ1) is 20.6. The van der Waals surface area contributed by atoms with Crippen LogP contribution in [0.3, 0.4) is 0 Å². The topological polar surface area (TPSA) is 89.7 Å². The van der Waals surface area contributed by atoms with Gasteiger partial charge in [-0.2, -0.15) is 0 Å². The number of likely N-dealkylation sites (N-methyl/N-ethyl adjacent to an activating group) is 1. The summed E-state index contributed by atoms with van der Waals surface area (Å²) in [5.41, 5.74) is 4.88. The third kappa shape index (κ3) is 2.16. The minimum Gasteiger partial charge on any atom is -0.508 e. The van der Waals surface area contributed by atoms with Crippen LogP contribution in [-0.4, -0.2) is 46.5 Å². The molecule has 8 rings (SSSR count). The van der Waals surface area contributed by atoms with Crippen molar-refractivity contribution >= 4 is 49.5 Å². The summed E-state index contributed by atoms with van der Waals surface area (Å²) in [4.78, 5) is 13.3. The predicted molar refractivity (Wildman–Crippen MR) is 137 cm³/mol. The Morgan fingerprint density at radius 1 is 1.14 bits per heavy atom. The minimum absolute atomic E-state index is 0.0315. The number of benzene rings is 3. The molecular formula is C28H26N4O4. The molecule has 0 aliphatic carbocycles. The zero-order valence-electron chi connectivity index (χ0n) is 20.3. The van der Waals surface area contributed by atoms with Gasteiger partial charge in [0.15, 0.2) is 5.72 Å². The molecule has 5 heterocycles. The van der Waals surface area contributed by atoms with E-state index in [9.17, 15) is 9.90 Å². The number of carbonyl (C=O) groups is 1. The molecular weight excluding hydrogens is 456 g/mol. The lowest BCUT2D eigenvalue weighted by molar-refractivity contribution is -0.256. The van der Waals surface area contributed by atoms with Crippen molar-refractivity contribution in [3.63, 3.8) is 0 Å². The highest BCUT2D eigenvalue weighted by atomic mass is 16.6. The Bertz CT molecular complexity index is 1800. The smallest absolute Gasteiger partial charge is 0.252 e. The SMILES string of the molecule is CN[C@H]1C[C@@H]2O[C@](C)([C@H]1OC)n1c3ccccc3c3c4c(c5c6cc(O)ccc6n2c5c31)C(=O)NC4. The monoisotopic (exact) mass is 482 g/mol. The molecule has 1 saturated heterocycles. The maximum Gasteiger partial charge on any atom is 0.252 e. The summed E-state index contributed by atoms with van der Waals surface area (Å²) in [6.45, 7) is 2.58. The van der Waals surface area contributed by atoms with E-state index in [0.717, 1.165) is 49.2 Å². The lowest BCUT2D eigenvalue weighted by atomic mass is 9.93. The number of phenols is 1. The van der Waals surface area contributed by atoms with Gasteiger partial charge in [0.2, 0.25) is 0 Å². The fourth-order valence-electron chi connectivity index (χ4n) is 7.37. The van der Waals surface area contributed by atoms with Crippen molar-refractivity contribution in [2.45, 2.75) is 44.0 Å². The van der Waals surface area contributed by atoms with Crippen LogP contribution in [0.25, 0.3) is 43.6 Å². The number of hydrogen-bond acceptors (Lipinski definition) is 5. The number of ether oxygens (including phenoxy) is 2. The van der Waals surface area contributed by atoms with E-state index in [2.05, 4.69) is 38.8 Å². The van der Waals surface area contributed by atoms with E-state index in [1.54, 1.807) is 19.2 Å². The lowest BCUT2D eigenvalue weighted by Gasteiger charge is -2.48. The number of aromatic hydroxyl groups is 1. The highest BCUT2D eigenvalue weighted by Crippen LogP contribution is 2.53. The third-order valence-corrected chi connectivity index (χ3v) is 8.67. The van der Waals surface area contributed by atoms with Crippen molar-refractivity contribution in [2.75, 3.05) is 14.2 Å². The molecule has 8 heteroatoms. The quantitative estimate of drug-likeness (QED) is 0.353. The molecule has 1 amide bonds. The van der Waals surface area contributed by atoms with E-state index in [1.807, 2.05) is 25.2 Å². The number of aromatic nitrogens is 2. The average molecular weight is 483 g/mol. The number of rotatable bonds is 2. The normalized spacial score (nSPS) is 26.9. The lowest BCUT2D eigenvalue weighted by Crippen LogP contribution is -2.59. The van der Waals surface area contributed by atoms with E-state index < -0.39 is 5.72 Å². The molecule has 0 saturated carbocycles. The molecule has 1 fully saturated rings. The molecule has 3 aromatic carbocycles. The van der Waals surface area contributed by atoms with E-state index in [1.165, 1.54) is 0 Å². The number of carbonyl (C=O) groups excluding carboxylic acids is 1. The molecule has 0 spiro atoms. The number of amides is 1. The van der Waals surface area contributed by atoms with E-state index >= 15 is 0 Å². The molecule has 182 valence electrons. The summed E-state index contributed by atoms with van der Waals surface area (Å²) in [7, 11) is 3.71. The van der Waals surface area contributed by atoms with Gasteiger partial charge in [0.1, 0.15) is 18.1 Å². The molecule has 0 radical (unpaired) electrons. The molecule has 0 unspecified atom stereocenters. The van der Waals surface area contributed by atoms with Gasteiger partial charge in [0.25, 0.3) is 5.91 Å². The van der Waals surface area contributed by atoms with Gasteiger partial charge >= 0.3 is 0 Å². The molecule has 4 atom stereocenters. The zero-order chi connectivity index (χ0) is 24.5. The number of methoxy groups -OCH3 is 1. The van der Waals surface area contributed by atoms with Gasteiger partial charge < -0.3 is 34.3 Å². The number of fused-ring (bicyclic) bond motifs is 13. The second-order valence-corrected chi connectivity index (χ2v) is 10.3. The number of hydrogen-bond donors (Lipinski definition) is 3. The van der Waals surface area contributed by atoms with Gasteiger partial charge in [-0.05, 0) is 43.8 Å². The Hall–Kier alpha value is -3.59. The van der Waals surface area contributed by atoms with Crippen LogP contribution in [0.15, 0.2) is 42.5 Å². The van der Waals surface area contributed by atoms with Crippen molar-refractivity contribution < 1.29 is 19.4 Å². The predicted octanol–water partition coefficient (Wildman–Crippen LogP) is 4.06. The highest BCUT2D eigenvalue weighted by molar-refractivity contribution is 6.31. The van der Waals surface area contributed by atoms with Crippen molar-refractivity contribution in [3.05, 3.63) is 53.6 Å². The first-order valence-corrected chi connectivity index (χ1v) is 12.4. The summed E-state index contributed by atoms with van der Waals surface area (Å²) in [5, 5.41) is 20.9. The van der Waals surface area contributed by atoms with Crippen LogP contribution < -0.4 is 10.6 Å². The molecule has 2 aromatic heterocycles. The van der Waals surface area contributed by atoms with E-state index in [4.69, 9.17) is 9.47 Å². The van der Waals surface area contributed by atoms with Crippen molar-refractivity contribution in [3.8, 4) is 5.75 Å². The second kappa shape index (κ2) is 6.59. The standard InChI is InChI=1S/C28H26N4O4/c1-28-26(35-3)17(29-2)11-20(36-28)31-18-9-8-13(33)10-15(18)22-23-16(12-30-27(23)34)21-14-6-4-5-7-19(14)32(28)25(21)24(22)31/h4-10,17,20,26,29,33H,11-12H2,1-3H3,(H,30,34)/t17-,20-,26-,28+/m0/s1. The maximum atomic E-state index is 13.3. The third-order valence-electron chi connectivity index (χ3n) is 8.67.